The fourth-order valence-corrected chi connectivity index (χ4v) is 6.63. The molecule has 4 heterocycles. The number of carbonyl (C=O) groups is 1. The zero-order valence-electron chi connectivity index (χ0n) is 19.2. The third-order valence-corrected chi connectivity index (χ3v) is 8.54. The van der Waals surface area contributed by atoms with Crippen LogP contribution in [0.2, 0.25) is 0 Å². The largest absolute Gasteiger partial charge is 0.341 e. The highest BCUT2D eigenvalue weighted by atomic mass is 32.1. The van der Waals surface area contributed by atoms with Gasteiger partial charge in [0.05, 0.1) is 32.8 Å². The normalized spacial score (nSPS) is 20.4. The Hall–Kier alpha value is -2.97. The van der Waals surface area contributed by atoms with Crippen LogP contribution in [-0.4, -0.2) is 63.0 Å². The van der Waals surface area contributed by atoms with Crippen molar-refractivity contribution in [3.63, 3.8) is 0 Å². The van der Waals surface area contributed by atoms with Gasteiger partial charge in [0.15, 0.2) is 0 Å². The second kappa shape index (κ2) is 9.00. The number of thiazole rings is 1. The van der Waals surface area contributed by atoms with Crippen molar-refractivity contribution in [3.05, 3.63) is 64.0 Å². The molecular weight excluding hydrogens is 446 g/mol. The number of nitrogens with zero attached hydrogens (tertiary/aromatic N) is 4. The van der Waals surface area contributed by atoms with Gasteiger partial charge in [-0.3, -0.25) is 14.3 Å². The molecule has 6 rings (SSSR count). The van der Waals surface area contributed by atoms with Gasteiger partial charge in [0.2, 0.25) is 5.91 Å². The van der Waals surface area contributed by atoms with E-state index in [0.29, 0.717) is 12.5 Å². The van der Waals surface area contributed by atoms with Crippen molar-refractivity contribution < 1.29 is 4.79 Å². The van der Waals surface area contributed by atoms with Crippen molar-refractivity contribution in [1.29, 1.82) is 0 Å². The number of piperidine rings is 2. The van der Waals surface area contributed by atoms with Crippen LogP contribution in [0.25, 0.3) is 21.3 Å². The van der Waals surface area contributed by atoms with Gasteiger partial charge < -0.3 is 9.88 Å². The summed E-state index contributed by atoms with van der Waals surface area (Å²) in [4.78, 5) is 37.8. The van der Waals surface area contributed by atoms with Gasteiger partial charge in [-0.15, -0.1) is 11.3 Å². The van der Waals surface area contributed by atoms with Gasteiger partial charge in [0, 0.05) is 38.1 Å². The molecule has 0 saturated carbocycles. The predicted molar refractivity (Wildman–Crippen MR) is 135 cm³/mol. The van der Waals surface area contributed by atoms with Crippen LogP contribution >= 0.6 is 11.3 Å². The number of H-pyrrole nitrogens is 1. The first kappa shape index (κ1) is 21.6. The first-order valence-corrected chi connectivity index (χ1v) is 13.0. The summed E-state index contributed by atoms with van der Waals surface area (Å²) in [6, 6.07) is 16.3. The summed E-state index contributed by atoms with van der Waals surface area (Å²) >= 11 is 1.76. The molecule has 2 fully saturated rings. The molecule has 1 unspecified atom stereocenters. The summed E-state index contributed by atoms with van der Waals surface area (Å²) in [5.41, 5.74) is 2.88. The summed E-state index contributed by atoms with van der Waals surface area (Å²) in [5.74, 6) is 0.545. The maximum Gasteiger partial charge on any atom is 0.326 e. The number of imidazole rings is 1. The van der Waals surface area contributed by atoms with Crippen LogP contribution in [0.4, 0.5) is 0 Å². The molecule has 176 valence electrons. The van der Waals surface area contributed by atoms with Crippen LogP contribution in [-0.2, 0) is 4.79 Å². The molecule has 2 aromatic carbocycles. The Bertz CT molecular complexity index is 1350. The predicted octanol–water partition coefficient (Wildman–Crippen LogP) is 3.98. The number of para-hydroxylation sites is 3. The van der Waals surface area contributed by atoms with E-state index < -0.39 is 0 Å². The van der Waals surface area contributed by atoms with Gasteiger partial charge in [-0.05, 0) is 49.9 Å². The fourth-order valence-electron chi connectivity index (χ4n) is 5.53. The van der Waals surface area contributed by atoms with Crippen LogP contribution in [0.3, 0.4) is 0 Å². The van der Waals surface area contributed by atoms with E-state index in [4.69, 9.17) is 4.98 Å². The molecule has 2 aliphatic heterocycles. The van der Waals surface area contributed by atoms with E-state index in [0.717, 1.165) is 73.4 Å². The number of aromatic amines is 1. The van der Waals surface area contributed by atoms with E-state index in [2.05, 4.69) is 28.1 Å². The molecule has 1 N–H and O–H groups in total. The minimum atomic E-state index is -0.0371. The van der Waals surface area contributed by atoms with Gasteiger partial charge in [-0.1, -0.05) is 24.3 Å². The van der Waals surface area contributed by atoms with Crippen LogP contribution < -0.4 is 5.69 Å². The summed E-state index contributed by atoms with van der Waals surface area (Å²) < 4.78 is 3.12. The third-order valence-electron chi connectivity index (χ3n) is 7.34. The highest BCUT2D eigenvalue weighted by Crippen LogP contribution is 2.33. The van der Waals surface area contributed by atoms with Crippen LogP contribution in [0.5, 0.6) is 0 Å². The molecular formula is C26H29N5O2S. The quantitative estimate of drug-likeness (QED) is 0.485. The molecule has 4 aromatic rings. The average Bonchev–Trinajstić information content (AvgIpc) is 3.45. The Morgan fingerprint density at radius 1 is 1.03 bits per heavy atom. The molecule has 1 amide bonds. The number of fused-ring (bicyclic) bond motifs is 2. The monoisotopic (exact) mass is 475 g/mol. The number of hydrogen-bond acceptors (Lipinski definition) is 5. The first-order chi connectivity index (χ1) is 16.7. The van der Waals surface area contributed by atoms with Crippen molar-refractivity contribution in [2.24, 2.45) is 0 Å². The van der Waals surface area contributed by atoms with Crippen LogP contribution in [0, 0.1) is 0 Å². The lowest BCUT2D eigenvalue weighted by Gasteiger charge is -2.36. The Morgan fingerprint density at radius 3 is 2.68 bits per heavy atom. The van der Waals surface area contributed by atoms with Crippen LogP contribution in [0.15, 0.2) is 53.3 Å². The number of aromatic nitrogens is 3. The molecule has 2 aliphatic rings. The minimum absolute atomic E-state index is 0.0371. The second-order valence-electron chi connectivity index (χ2n) is 9.52. The molecule has 2 aromatic heterocycles. The van der Waals surface area contributed by atoms with E-state index in [-0.39, 0.29) is 17.6 Å². The number of hydrogen-bond donors (Lipinski definition) is 1. The molecule has 34 heavy (non-hydrogen) atoms. The number of nitrogens with one attached hydrogen (secondary N) is 1. The lowest BCUT2D eigenvalue weighted by molar-refractivity contribution is -0.134. The van der Waals surface area contributed by atoms with Crippen molar-refractivity contribution >= 4 is 38.5 Å². The van der Waals surface area contributed by atoms with E-state index in [9.17, 15) is 9.59 Å². The summed E-state index contributed by atoms with van der Waals surface area (Å²) in [7, 11) is 0. The topological polar surface area (TPSA) is 74.2 Å². The maximum absolute atomic E-state index is 13.2. The molecule has 0 spiro atoms. The minimum Gasteiger partial charge on any atom is -0.341 e. The van der Waals surface area contributed by atoms with Crippen molar-refractivity contribution in [2.75, 3.05) is 32.7 Å². The number of amides is 1. The highest BCUT2D eigenvalue weighted by Gasteiger charge is 2.29. The summed E-state index contributed by atoms with van der Waals surface area (Å²) in [6.07, 6.45) is 3.87. The summed E-state index contributed by atoms with van der Waals surface area (Å²) in [5, 5.41) is 1.16. The van der Waals surface area contributed by atoms with Crippen molar-refractivity contribution in [2.45, 2.75) is 37.6 Å². The average molecular weight is 476 g/mol. The van der Waals surface area contributed by atoms with Crippen molar-refractivity contribution in [1.82, 2.24) is 24.3 Å². The van der Waals surface area contributed by atoms with Gasteiger partial charge in [-0.25, -0.2) is 9.78 Å². The van der Waals surface area contributed by atoms with Gasteiger partial charge in [-0.2, -0.15) is 0 Å². The van der Waals surface area contributed by atoms with E-state index in [1.807, 2.05) is 39.8 Å². The lowest BCUT2D eigenvalue weighted by Crippen LogP contribution is -2.46. The zero-order chi connectivity index (χ0) is 23.1. The first-order valence-electron chi connectivity index (χ1n) is 12.2. The Morgan fingerprint density at radius 2 is 1.82 bits per heavy atom. The lowest BCUT2D eigenvalue weighted by atomic mass is 9.98. The van der Waals surface area contributed by atoms with E-state index in [1.54, 1.807) is 11.3 Å². The van der Waals surface area contributed by atoms with Gasteiger partial charge in [0.1, 0.15) is 0 Å². The van der Waals surface area contributed by atoms with Crippen molar-refractivity contribution in [3.8, 4) is 0 Å². The third kappa shape index (κ3) is 4.05. The molecule has 0 radical (unpaired) electrons. The van der Waals surface area contributed by atoms with Gasteiger partial charge in [0.25, 0.3) is 0 Å². The molecule has 2 saturated heterocycles. The van der Waals surface area contributed by atoms with E-state index in [1.165, 1.54) is 4.70 Å². The molecule has 8 heteroatoms. The van der Waals surface area contributed by atoms with E-state index >= 15 is 0 Å². The van der Waals surface area contributed by atoms with Crippen LogP contribution in [0.1, 0.15) is 42.7 Å². The fraction of sp³-hybridized carbons (Fsp3) is 0.423. The SMILES string of the molecule is O=C(CN1CCC(n2c(=O)[nH]c3ccccc32)CC1)N1CCCC(c2nc3ccccc3s2)C1. The molecule has 0 aliphatic carbocycles. The second-order valence-corrected chi connectivity index (χ2v) is 10.6. The number of benzene rings is 2. The Kier molecular flexibility index (Phi) is 5.71. The standard InChI is InChI=1S/C26H29N5O2S/c32-24(30-13-5-6-18(16-30)25-27-21-8-2-4-10-23(21)34-25)17-29-14-11-19(12-15-29)31-22-9-3-1-7-20(22)28-26(31)33/h1-4,7-10,18-19H,5-6,11-17H2,(H,28,33). The zero-order valence-corrected chi connectivity index (χ0v) is 20.0. The number of rotatable bonds is 4. The molecule has 7 nitrogen and oxygen atoms in total. The Labute approximate surface area is 202 Å². The van der Waals surface area contributed by atoms with Gasteiger partial charge >= 0.3 is 5.69 Å². The smallest absolute Gasteiger partial charge is 0.326 e. The summed E-state index contributed by atoms with van der Waals surface area (Å²) in [6.45, 7) is 3.72. The molecule has 0 bridgehead atoms. The molecule has 1 atom stereocenters. The maximum atomic E-state index is 13.2. The number of likely N-dealkylation sites (tertiary alicyclic amines) is 2. The Balaban J connectivity index is 1.07. The highest BCUT2D eigenvalue weighted by molar-refractivity contribution is 7.18. The number of carbonyl (C=O) groups excluding carboxylic acids is 1.